The summed E-state index contributed by atoms with van der Waals surface area (Å²) in [7, 11) is 0. The number of aryl methyl sites for hydroxylation is 1. The molecule has 19 heavy (non-hydrogen) atoms. The van der Waals surface area contributed by atoms with Crippen molar-refractivity contribution in [2.75, 3.05) is 18.4 Å². The first kappa shape index (κ1) is 16.0. The highest BCUT2D eigenvalue weighted by Crippen LogP contribution is 2.17. The van der Waals surface area contributed by atoms with Crippen LogP contribution in [0, 0.1) is 5.92 Å². The molecule has 0 aliphatic rings. The van der Waals surface area contributed by atoms with Crippen LogP contribution in [0.1, 0.15) is 51.5 Å². The van der Waals surface area contributed by atoms with Crippen LogP contribution in [0.2, 0.25) is 0 Å². The molecule has 0 fully saturated rings. The number of rotatable bonds is 10. The Morgan fingerprint density at radius 1 is 1.16 bits per heavy atom. The van der Waals surface area contributed by atoms with Crippen molar-refractivity contribution in [3.8, 4) is 0 Å². The molecule has 0 spiro atoms. The van der Waals surface area contributed by atoms with Crippen LogP contribution in [0.25, 0.3) is 0 Å². The first-order valence-corrected chi connectivity index (χ1v) is 7.83. The van der Waals surface area contributed by atoms with Gasteiger partial charge in [-0.1, -0.05) is 38.8 Å². The lowest BCUT2D eigenvalue weighted by Crippen LogP contribution is -2.14. The quantitative estimate of drug-likeness (QED) is 0.663. The molecule has 0 amide bonds. The van der Waals surface area contributed by atoms with Crippen molar-refractivity contribution < 1.29 is 0 Å². The van der Waals surface area contributed by atoms with Gasteiger partial charge in [0.1, 0.15) is 0 Å². The molecular weight excluding hydrogens is 232 g/mol. The van der Waals surface area contributed by atoms with E-state index in [-0.39, 0.29) is 0 Å². The van der Waals surface area contributed by atoms with Crippen LogP contribution in [-0.4, -0.2) is 13.1 Å². The summed E-state index contributed by atoms with van der Waals surface area (Å²) in [6, 6.07) is 8.77. The maximum Gasteiger partial charge on any atom is 0.0343 e. The zero-order chi connectivity index (χ0) is 13.9. The van der Waals surface area contributed by atoms with Gasteiger partial charge in [0.05, 0.1) is 0 Å². The summed E-state index contributed by atoms with van der Waals surface area (Å²) < 4.78 is 0. The summed E-state index contributed by atoms with van der Waals surface area (Å²) >= 11 is 0. The number of benzene rings is 1. The van der Waals surface area contributed by atoms with Crippen molar-refractivity contribution in [1.29, 1.82) is 0 Å². The van der Waals surface area contributed by atoms with Gasteiger partial charge in [0.2, 0.25) is 0 Å². The molecule has 2 heteroatoms. The largest absolute Gasteiger partial charge is 0.385 e. The third kappa shape index (κ3) is 6.63. The maximum atomic E-state index is 5.56. The first-order valence-electron chi connectivity index (χ1n) is 7.83. The number of nitrogens with two attached hydrogens (primary N) is 1. The zero-order valence-electron chi connectivity index (χ0n) is 12.6. The Bertz CT molecular complexity index is 330. The van der Waals surface area contributed by atoms with E-state index in [2.05, 4.69) is 43.4 Å². The second kappa shape index (κ2) is 9.85. The Kier molecular flexibility index (Phi) is 8.31. The Hall–Kier alpha value is -1.02. The SMILES string of the molecule is CCCC(CCC)CNc1cccc(CCCN)c1. The predicted octanol–water partition coefficient (Wildman–Crippen LogP) is 4.21. The van der Waals surface area contributed by atoms with Crippen LogP contribution in [0.5, 0.6) is 0 Å². The summed E-state index contributed by atoms with van der Waals surface area (Å²) in [5.41, 5.74) is 8.21. The van der Waals surface area contributed by atoms with Gasteiger partial charge in [-0.15, -0.1) is 0 Å². The molecule has 0 aliphatic carbocycles. The minimum absolute atomic E-state index is 0.771. The Balaban J connectivity index is 2.46. The van der Waals surface area contributed by atoms with E-state index < -0.39 is 0 Å². The summed E-state index contributed by atoms with van der Waals surface area (Å²) in [5, 5.41) is 3.60. The molecule has 0 heterocycles. The molecule has 3 N–H and O–H groups in total. The van der Waals surface area contributed by atoms with Gasteiger partial charge in [-0.2, -0.15) is 0 Å². The number of nitrogens with one attached hydrogen (secondary N) is 1. The predicted molar refractivity (Wildman–Crippen MR) is 85.6 cm³/mol. The minimum atomic E-state index is 0.771. The van der Waals surface area contributed by atoms with Crippen molar-refractivity contribution >= 4 is 5.69 Å². The van der Waals surface area contributed by atoms with Gasteiger partial charge in [-0.25, -0.2) is 0 Å². The normalized spacial score (nSPS) is 10.9. The van der Waals surface area contributed by atoms with Gasteiger partial charge in [-0.05, 0) is 55.8 Å². The fourth-order valence-electron chi connectivity index (χ4n) is 2.57. The Morgan fingerprint density at radius 2 is 1.89 bits per heavy atom. The average molecular weight is 262 g/mol. The van der Waals surface area contributed by atoms with Crippen LogP contribution in [0.15, 0.2) is 24.3 Å². The fourth-order valence-corrected chi connectivity index (χ4v) is 2.57. The highest BCUT2D eigenvalue weighted by atomic mass is 14.9. The van der Waals surface area contributed by atoms with Crippen LogP contribution in [0.4, 0.5) is 5.69 Å². The molecule has 108 valence electrons. The average Bonchev–Trinajstić information content (AvgIpc) is 2.43. The van der Waals surface area contributed by atoms with E-state index in [0.717, 1.165) is 31.8 Å². The molecule has 0 aliphatic heterocycles. The van der Waals surface area contributed by atoms with Gasteiger partial charge in [-0.3, -0.25) is 0 Å². The standard InChI is InChI=1S/C17H30N2/c1-3-7-16(8-4-2)14-19-17-11-5-9-15(13-17)10-6-12-18/h5,9,11,13,16,19H,3-4,6-8,10,12,14,18H2,1-2H3. The smallest absolute Gasteiger partial charge is 0.0343 e. The van der Waals surface area contributed by atoms with E-state index in [9.17, 15) is 0 Å². The minimum Gasteiger partial charge on any atom is -0.385 e. The van der Waals surface area contributed by atoms with Gasteiger partial charge < -0.3 is 11.1 Å². The topological polar surface area (TPSA) is 38.0 Å². The van der Waals surface area contributed by atoms with Gasteiger partial charge in [0.25, 0.3) is 0 Å². The third-order valence-corrected chi connectivity index (χ3v) is 3.59. The molecule has 2 nitrogen and oxygen atoms in total. The second-order valence-corrected chi connectivity index (χ2v) is 5.42. The van der Waals surface area contributed by atoms with Crippen LogP contribution in [0.3, 0.4) is 0 Å². The second-order valence-electron chi connectivity index (χ2n) is 5.42. The maximum absolute atomic E-state index is 5.56. The molecule has 0 atom stereocenters. The lowest BCUT2D eigenvalue weighted by atomic mass is 9.98. The van der Waals surface area contributed by atoms with E-state index in [1.807, 2.05) is 0 Å². The molecule has 0 saturated heterocycles. The molecule has 0 unspecified atom stereocenters. The molecule has 0 bridgehead atoms. The van der Waals surface area contributed by atoms with E-state index in [0.29, 0.717) is 0 Å². The van der Waals surface area contributed by atoms with E-state index in [1.165, 1.54) is 36.9 Å². The van der Waals surface area contributed by atoms with Gasteiger partial charge in [0, 0.05) is 12.2 Å². The monoisotopic (exact) mass is 262 g/mol. The number of hydrogen-bond donors (Lipinski definition) is 2. The summed E-state index contributed by atoms with van der Waals surface area (Å²) in [6.45, 7) is 6.42. The first-order chi connectivity index (χ1) is 9.30. The molecule has 1 aromatic rings. The molecule has 1 aromatic carbocycles. The van der Waals surface area contributed by atoms with Crippen molar-refractivity contribution in [1.82, 2.24) is 0 Å². The van der Waals surface area contributed by atoms with E-state index >= 15 is 0 Å². The lowest BCUT2D eigenvalue weighted by Gasteiger charge is -2.17. The third-order valence-electron chi connectivity index (χ3n) is 3.59. The molecule has 0 saturated carbocycles. The van der Waals surface area contributed by atoms with Crippen LogP contribution < -0.4 is 11.1 Å². The van der Waals surface area contributed by atoms with Crippen molar-refractivity contribution in [3.63, 3.8) is 0 Å². The number of anilines is 1. The summed E-state index contributed by atoms with van der Waals surface area (Å²) in [4.78, 5) is 0. The van der Waals surface area contributed by atoms with Crippen molar-refractivity contribution in [3.05, 3.63) is 29.8 Å². The van der Waals surface area contributed by atoms with E-state index in [1.54, 1.807) is 0 Å². The molecule has 0 aromatic heterocycles. The van der Waals surface area contributed by atoms with Crippen molar-refractivity contribution in [2.24, 2.45) is 11.7 Å². The van der Waals surface area contributed by atoms with Gasteiger partial charge >= 0.3 is 0 Å². The summed E-state index contributed by atoms with van der Waals surface area (Å²) in [6.07, 6.45) is 7.37. The molecular formula is C17H30N2. The van der Waals surface area contributed by atoms with Crippen LogP contribution in [-0.2, 0) is 6.42 Å². The Labute approximate surface area is 118 Å². The fraction of sp³-hybridized carbons (Fsp3) is 0.647. The highest BCUT2D eigenvalue weighted by Gasteiger charge is 2.06. The van der Waals surface area contributed by atoms with Gasteiger partial charge in [0.15, 0.2) is 0 Å². The molecule has 1 rings (SSSR count). The lowest BCUT2D eigenvalue weighted by molar-refractivity contribution is 0.461. The summed E-state index contributed by atoms with van der Waals surface area (Å²) in [5.74, 6) is 0.808. The molecule has 0 radical (unpaired) electrons. The van der Waals surface area contributed by atoms with E-state index in [4.69, 9.17) is 5.73 Å². The van der Waals surface area contributed by atoms with Crippen LogP contribution >= 0.6 is 0 Å². The van der Waals surface area contributed by atoms with Crippen molar-refractivity contribution in [2.45, 2.75) is 52.4 Å². The number of hydrogen-bond acceptors (Lipinski definition) is 2. The highest BCUT2D eigenvalue weighted by molar-refractivity contribution is 5.45. The zero-order valence-corrected chi connectivity index (χ0v) is 12.6. The Morgan fingerprint density at radius 3 is 2.53 bits per heavy atom.